The van der Waals surface area contributed by atoms with Crippen LogP contribution in [0, 0.1) is 5.92 Å². The van der Waals surface area contributed by atoms with Crippen molar-refractivity contribution in [3.63, 3.8) is 0 Å². The molecular weight excluding hydrogens is 264 g/mol. The SMILES string of the molecule is COC(=O)C(CCOc1ccccc1OC)C(=O)OC. The quantitative estimate of drug-likeness (QED) is 0.556. The molecule has 20 heavy (non-hydrogen) atoms. The average Bonchev–Trinajstić information content (AvgIpc) is 2.50. The summed E-state index contributed by atoms with van der Waals surface area (Å²) in [5.41, 5.74) is 0. The van der Waals surface area contributed by atoms with Gasteiger partial charge in [-0.05, 0) is 12.1 Å². The van der Waals surface area contributed by atoms with Crippen molar-refractivity contribution in [2.24, 2.45) is 5.92 Å². The zero-order valence-corrected chi connectivity index (χ0v) is 11.8. The average molecular weight is 282 g/mol. The molecule has 1 aromatic rings. The number of methoxy groups -OCH3 is 3. The number of rotatable bonds is 7. The van der Waals surface area contributed by atoms with Gasteiger partial charge in [-0.1, -0.05) is 12.1 Å². The molecule has 0 amide bonds. The van der Waals surface area contributed by atoms with Gasteiger partial charge in [-0.25, -0.2) is 0 Å². The number of hydrogen-bond donors (Lipinski definition) is 0. The second kappa shape index (κ2) is 8.04. The number of para-hydroxylation sites is 2. The summed E-state index contributed by atoms with van der Waals surface area (Å²) in [6.07, 6.45) is 0.164. The number of ether oxygens (including phenoxy) is 4. The predicted molar refractivity (Wildman–Crippen MR) is 70.6 cm³/mol. The molecule has 6 heteroatoms. The lowest BCUT2D eigenvalue weighted by Crippen LogP contribution is -2.28. The monoisotopic (exact) mass is 282 g/mol. The molecule has 0 radical (unpaired) electrons. The van der Waals surface area contributed by atoms with Crippen molar-refractivity contribution in [3.8, 4) is 11.5 Å². The van der Waals surface area contributed by atoms with Crippen LogP contribution in [0.1, 0.15) is 6.42 Å². The van der Waals surface area contributed by atoms with E-state index < -0.39 is 17.9 Å². The highest BCUT2D eigenvalue weighted by Crippen LogP contribution is 2.26. The summed E-state index contributed by atoms with van der Waals surface area (Å²) < 4.78 is 19.8. The van der Waals surface area contributed by atoms with Crippen molar-refractivity contribution < 1.29 is 28.5 Å². The van der Waals surface area contributed by atoms with Gasteiger partial charge in [0.1, 0.15) is 0 Å². The fourth-order valence-electron chi connectivity index (χ4n) is 1.64. The first-order chi connectivity index (χ1) is 9.63. The molecule has 0 fully saturated rings. The Labute approximate surface area is 117 Å². The number of esters is 2. The first-order valence-corrected chi connectivity index (χ1v) is 6.05. The summed E-state index contributed by atoms with van der Waals surface area (Å²) in [5.74, 6) is -1.13. The van der Waals surface area contributed by atoms with Crippen LogP contribution in [0.4, 0.5) is 0 Å². The minimum absolute atomic E-state index is 0.162. The summed E-state index contributed by atoms with van der Waals surface area (Å²) in [7, 11) is 3.98. The van der Waals surface area contributed by atoms with Crippen molar-refractivity contribution in [1.82, 2.24) is 0 Å². The Bertz CT molecular complexity index is 441. The first-order valence-electron chi connectivity index (χ1n) is 6.05. The van der Waals surface area contributed by atoms with Gasteiger partial charge in [0.25, 0.3) is 0 Å². The number of carbonyl (C=O) groups excluding carboxylic acids is 2. The summed E-state index contributed by atoms with van der Waals surface area (Å²) in [4.78, 5) is 22.9. The van der Waals surface area contributed by atoms with E-state index in [1.165, 1.54) is 21.3 Å². The molecule has 6 nitrogen and oxygen atoms in total. The van der Waals surface area contributed by atoms with E-state index in [9.17, 15) is 9.59 Å². The van der Waals surface area contributed by atoms with E-state index in [1.807, 2.05) is 6.07 Å². The Morgan fingerprint density at radius 1 is 1.00 bits per heavy atom. The minimum atomic E-state index is -0.986. The van der Waals surface area contributed by atoms with Gasteiger partial charge >= 0.3 is 11.9 Å². The zero-order chi connectivity index (χ0) is 15.0. The van der Waals surface area contributed by atoms with Crippen molar-refractivity contribution in [1.29, 1.82) is 0 Å². The second-order valence-corrected chi connectivity index (χ2v) is 3.89. The molecule has 0 atom stereocenters. The lowest BCUT2D eigenvalue weighted by Gasteiger charge is -2.14. The minimum Gasteiger partial charge on any atom is -0.493 e. The number of hydrogen-bond acceptors (Lipinski definition) is 6. The Morgan fingerprint density at radius 2 is 1.55 bits per heavy atom. The van der Waals surface area contributed by atoms with Gasteiger partial charge in [-0.3, -0.25) is 9.59 Å². The summed E-state index contributed by atoms with van der Waals surface area (Å²) >= 11 is 0. The summed E-state index contributed by atoms with van der Waals surface area (Å²) in [6, 6.07) is 7.12. The molecule has 0 saturated carbocycles. The maximum absolute atomic E-state index is 11.5. The summed E-state index contributed by atoms with van der Waals surface area (Å²) in [5, 5.41) is 0. The standard InChI is InChI=1S/C14H18O6/c1-17-11-6-4-5-7-12(11)20-9-8-10(13(15)18-2)14(16)19-3/h4-7,10H,8-9H2,1-3H3. The molecule has 0 bridgehead atoms. The molecule has 0 spiro atoms. The highest BCUT2D eigenvalue weighted by atomic mass is 16.5. The van der Waals surface area contributed by atoms with Gasteiger partial charge in [0.05, 0.1) is 27.9 Å². The largest absolute Gasteiger partial charge is 0.493 e. The topological polar surface area (TPSA) is 71.1 Å². The van der Waals surface area contributed by atoms with E-state index in [1.54, 1.807) is 18.2 Å². The Morgan fingerprint density at radius 3 is 2.05 bits per heavy atom. The Hall–Kier alpha value is -2.24. The lowest BCUT2D eigenvalue weighted by molar-refractivity contribution is -0.159. The van der Waals surface area contributed by atoms with Crippen LogP contribution in [-0.2, 0) is 19.1 Å². The van der Waals surface area contributed by atoms with Crippen LogP contribution >= 0.6 is 0 Å². The van der Waals surface area contributed by atoms with E-state index in [0.29, 0.717) is 11.5 Å². The Kier molecular flexibility index (Phi) is 6.36. The third kappa shape index (κ3) is 4.15. The molecule has 0 aromatic heterocycles. The highest BCUT2D eigenvalue weighted by molar-refractivity contribution is 5.94. The van der Waals surface area contributed by atoms with Crippen molar-refractivity contribution in [2.45, 2.75) is 6.42 Å². The van der Waals surface area contributed by atoms with Crippen molar-refractivity contribution >= 4 is 11.9 Å². The molecule has 0 heterocycles. The third-order valence-electron chi connectivity index (χ3n) is 2.70. The molecule has 1 rings (SSSR count). The van der Waals surface area contributed by atoms with Gasteiger partial charge < -0.3 is 18.9 Å². The van der Waals surface area contributed by atoms with E-state index in [2.05, 4.69) is 9.47 Å². The van der Waals surface area contributed by atoms with Crippen LogP contribution in [0.25, 0.3) is 0 Å². The third-order valence-corrected chi connectivity index (χ3v) is 2.70. The number of carbonyl (C=O) groups is 2. The van der Waals surface area contributed by atoms with Crippen LogP contribution in [0.2, 0.25) is 0 Å². The summed E-state index contributed by atoms with van der Waals surface area (Å²) in [6.45, 7) is 0.162. The fourth-order valence-corrected chi connectivity index (χ4v) is 1.64. The lowest BCUT2D eigenvalue weighted by atomic mass is 10.1. The molecule has 0 N–H and O–H groups in total. The molecule has 0 saturated heterocycles. The van der Waals surface area contributed by atoms with Crippen LogP contribution in [-0.4, -0.2) is 39.9 Å². The Balaban J connectivity index is 2.60. The molecule has 0 aliphatic heterocycles. The maximum atomic E-state index is 11.5. The van der Waals surface area contributed by atoms with Crippen molar-refractivity contribution in [2.75, 3.05) is 27.9 Å². The smallest absolute Gasteiger partial charge is 0.320 e. The molecule has 1 aromatic carbocycles. The predicted octanol–water partition coefficient (Wildman–Crippen LogP) is 1.43. The van der Waals surface area contributed by atoms with Gasteiger partial charge in [0, 0.05) is 6.42 Å². The van der Waals surface area contributed by atoms with E-state index in [0.717, 1.165) is 0 Å². The molecule has 0 aliphatic rings. The van der Waals surface area contributed by atoms with Gasteiger partial charge in [-0.2, -0.15) is 0 Å². The van der Waals surface area contributed by atoms with E-state index in [4.69, 9.17) is 9.47 Å². The van der Waals surface area contributed by atoms with E-state index in [-0.39, 0.29) is 13.0 Å². The molecule has 0 unspecified atom stereocenters. The van der Waals surface area contributed by atoms with Gasteiger partial charge in [0.15, 0.2) is 17.4 Å². The van der Waals surface area contributed by atoms with Gasteiger partial charge in [0.2, 0.25) is 0 Å². The number of benzene rings is 1. The van der Waals surface area contributed by atoms with Crippen LogP contribution in [0.15, 0.2) is 24.3 Å². The van der Waals surface area contributed by atoms with Crippen LogP contribution < -0.4 is 9.47 Å². The van der Waals surface area contributed by atoms with Crippen molar-refractivity contribution in [3.05, 3.63) is 24.3 Å². The maximum Gasteiger partial charge on any atom is 0.320 e. The van der Waals surface area contributed by atoms with E-state index >= 15 is 0 Å². The second-order valence-electron chi connectivity index (χ2n) is 3.89. The highest BCUT2D eigenvalue weighted by Gasteiger charge is 2.28. The molecule has 0 aliphatic carbocycles. The first kappa shape index (κ1) is 15.8. The fraction of sp³-hybridized carbons (Fsp3) is 0.429. The van der Waals surface area contributed by atoms with Crippen LogP contribution in [0.3, 0.4) is 0 Å². The van der Waals surface area contributed by atoms with Gasteiger partial charge in [-0.15, -0.1) is 0 Å². The molecular formula is C14H18O6. The normalized spacial score (nSPS) is 10.0. The zero-order valence-electron chi connectivity index (χ0n) is 11.8. The van der Waals surface area contributed by atoms with Crippen LogP contribution in [0.5, 0.6) is 11.5 Å². The molecule has 110 valence electrons.